The van der Waals surface area contributed by atoms with Gasteiger partial charge < -0.3 is 15.7 Å². The zero-order chi connectivity index (χ0) is 12.3. The van der Waals surface area contributed by atoms with Gasteiger partial charge in [0.05, 0.1) is 5.56 Å². The van der Waals surface area contributed by atoms with Gasteiger partial charge in [-0.2, -0.15) is 0 Å². The Hall–Kier alpha value is -1.55. The molecule has 1 aromatic carbocycles. The second-order valence-electron chi connectivity index (χ2n) is 4.54. The van der Waals surface area contributed by atoms with E-state index in [4.69, 9.17) is 0 Å². The number of phenolic OH excluding ortho intramolecular Hbond substituents is 1. The molecule has 2 rings (SSSR count). The fourth-order valence-electron chi connectivity index (χ4n) is 2.07. The normalized spacial score (nSPS) is 19.9. The number of carbonyl (C=O) groups is 1. The highest BCUT2D eigenvalue weighted by atomic mass is 16.3. The molecule has 0 spiro atoms. The molecule has 0 radical (unpaired) electrons. The maximum atomic E-state index is 11.9. The van der Waals surface area contributed by atoms with Gasteiger partial charge in [-0.25, -0.2) is 0 Å². The first-order chi connectivity index (χ1) is 8.16. The summed E-state index contributed by atoms with van der Waals surface area (Å²) < 4.78 is 0. The SMILES string of the molecule is Cc1ccc(C(=O)N[C@@H]2CCCNC2)c(O)c1. The molecule has 1 saturated heterocycles. The summed E-state index contributed by atoms with van der Waals surface area (Å²) in [6.07, 6.45) is 2.07. The van der Waals surface area contributed by atoms with Crippen LogP contribution >= 0.6 is 0 Å². The molecule has 1 fully saturated rings. The van der Waals surface area contributed by atoms with E-state index in [1.165, 1.54) is 0 Å². The highest BCUT2D eigenvalue weighted by molar-refractivity contribution is 5.97. The number of hydrogen-bond acceptors (Lipinski definition) is 3. The summed E-state index contributed by atoms with van der Waals surface area (Å²) in [5, 5.41) is 15.9. The van der Waals surface area contributed by atoms with Crippen LogP contribution in [-0.2, 0) is 0 Å². The maximum absolute atomic E-state index is 11.9. The van der Waals surface area contributed by atoms with E-state index >= 15 is 0 Å². The molecule has 3 N–H and O–H groups in total. The smallest absolute Gasteiger partial charge is 0.255 e. The second kappa shape index (κ2) is 5.19. The Bertz CT molecular complexity index is 412. The van der Waals surface area contributed by atoms with Crippen molar-refractivity contribution >= 4 is 5.91 Å². The van der Waals surface area contributed by atoms with E-state index in [-0.39, 0.29) is 17.7 Å². The Balaban J connectivity index is 2.03. The molecule has 0 unspecified atom stereocenters. The van der Waals surface area contributed by atoms with Crippen molar-refractivity contribution in [3.63, 3.8) is 0 Å². The third kappa shape index (κ3) is 2.97. The van der Waals surface area contributed by atoms with Crippen molar-refractivity contribution in [1.29, 1.82) is 0 Å². The minimum Gasteiger partial charge on any atom is -0.507 e. The number of piperidine rings is 1. The summed E-state index contributed by atoms with van der Waals surface area (Å²) in [6.45, 7) is 3.70. The molecule has 0 aromatic heterocycles. The van der Waals surface area contributed by atoms with Crippen LogP contribution in [0.3, 0.4) is 0 Å². The van der Waals surface area contributed by atoms with Gasteiger partial charge >= 0.3 is 0 Å². The van der Waals surface area contributed by atoms with E-state index in [2.05, 4.69) is 10.6 Å². The monoisotopic (exact) mass is 234 g/mol. The maximum Gasteiger partial charge on any atom is 0.255 e. The lowest BCUT2D eigenvalue weighted by atomic mass is 10.1. The first kappa shape index (κ1) is 11.9. The number of amides is 1. The number of carbonyl (C=O) groups excluding carboxylic acids is 1. The zero-order valence-corrected chi connectivity index (χ0v) is 9.99. The summed E-state index contributed by atoms with van der Waals surface area (Å²) >= 11 is 0. The highest BCUT2D eigenvalue weighted by Gasteiger charge is 2.18. The predicted octanol–water partition coefficient (Wildman–Crippen LogP) is 1.18. The summed E-state index contributed by atoms with van der Waals surface area (Å²) in [6, 6.07) is 5.26. The largest absolute Gasteiger partial charge is 0.507 e. The topological polar surface area (TPSA) is 61.4 Å². The first-order valence-electron chi connectivity index (χ1n) is 5.98. The fourth-order valence-corrected chi connectivity index (χ4v) is 2.07. The Kier molecular flexibility index (Phi) is 3.64. The number of aryl methyl sites for hydroxylation is 1. The number of aromatic hydroxyl groups is 1. The second-order valence-corrected chi connectivity index (χ2v) is 4.54. The standard InChI is InChI=1S/C13H18N2O2/c1-9-4-5-11(12(16)7-9)13(17)15-10-3-2-6-14-8-10/h4-5,7,10,14,16H,2-3,6,8H2,1H3,(H,15,17)/t10-/m1/s1. The number of hydrogen-bond donors (Lipinski definition) is 3. The van der Waals surface area contributed by atoms with E-state index < -0.39 is 0 Å². The van der Waals surface area contributed by atoms with Crippen LogP contribution in [0.25, 0.3) is 0 Å². The van der Waals surface area contributed by atoms with Crippen LogP contribution in [0.2, 0.25) is 0 Å². The summed E-state index contributed by atoms with van der Waals surface area (Å²) in [7, 11) is 0. The Morgan fingerprint density at radius 1 is 1.53 bits per heavy atom. The van der Waals surface area contributed by atoms with Crippen molar-refractivity contribution < 1.29 is 9.90 Å². The zero-order valence-electron chi connectivity index (χ0n) is 9.99. The van der Waals surface area contributed by atoms with Gasteiger partial charge in [0.25, 0.3) is 5.91 Å². The van der Waals surface area contributed by atoms with Crippen LogP contribution in [-0.4, -0.2) is 30.1 Å². The van der Waals surface area contributed by atoms with Gasteiger partial charge in [-0.3, -0.25) is 4.79 Å². The van der Waals surface area contributed by atoms with Gasteiger partial charge in [-0.1, -0.05) is 6.07 Å². The summed E-state index contributed by atoms with van der Waals surface area (Å²) in [5.74, 6) is -0.150. The minimum atomic E-state index is -0.198. The molecular weight excluding hydrogens is 216 g/mol. The number of rotatable bonds is 2. The average molecular weight is 234 g/mol. The quantitative estimate of drug-likeness (QED) is 0.720. The van der Waals surface area contributed by atoms with Crippen molar-refractivity contribution in [3.8, 4) is 5.75 Å². The lowest BCUT2D eigenvalue weighted by molar-refractivity contribution is 0.0928. The van der Waals surface area contributed by atoms with Gasteiger partial charge in [0.2, 0.25) is 0 Å². The molecule has 0 saturated carbocycles. The lowest BCUT2D eigenvalue weighted by Crippen LogP contribution is -2.45. The van der Waals surface area contributed by atoms with Crippen molar-refractivity contribution in [2.24, 2.45) is 0 Å². The Morgan fingerprint density at radius 3 is 3.00 bits per heavy atom. The van der Waals surface area contributed by atoms with E-state index in [1.54, 1.807) is 12.1 Å². The molecule has 17 heavy (non-hydrogen) atoms. The Labute approximate surface area is 101 Å². The van der Waals surface area contributed by atoms with E-state index in [1.807, 2.05) is 13.0 Å². The third-order valence-corrected chi connectivity index (χ3v) is 3.03. The number of phenols is 1. The minimum absolute atomic E-state index is 0.0475. The molecule has 1 aliphatic rings. The Morgan fingerprint density at radius 2 is 2.35 bits per heavy atom. The van der Waals surface area contributed by atoms with E-state index in [0.29, 0.717) is 5.56 Å². The van der Waals surface area contributed by atoms with Crippen molar-refractivity contribution in [3.05, 3.63) is 29.3 Å². The summed E-state index contributed by atoms with van der Waals surface area (Å²) in [4.78, 5) is 11.9. The molecule has 1 amide bonds. The van der Waals surface area contributed by atoms with Gasteiger partial charge in [0, 0.05) is 12.6 Å². The van der Waals surface area contributed by atoms with E-state index in [9.17, 15) is 9.90 Å². The molecule has 4 nitrogen and oxygen atoms in total. The molecule has 1 aliphatic heterocycles. The van der Waals surface area contributed by atoms with Gasteiger partial charge in [-0.15, -0.1) is 0 Å². The summed E-state index contributed by atoms with van der Waals surface area (Å²) in [5.41, 5.74) is 1.29. The van der Waals surface area contributed by atoms with Crippen molar-refractivity contribution in [2.45, 2.75) is 25.8 Å². The fraction of sp³-hybridized carbons (Fsp3) is 0.462. The van der Waals surface area contributed by atoms with Gasteiger partial charge in [0.1, 0.15) is 5.75 Å². The molecule has 1 heterocycles. The van der Waals surface area contributed by atoms with Crippen LogP contribution in [0.1, 0.15) is 28.8 Å². The van der Waals surface area contributed by atoms with Gasteiger partial charge in [-0.05, 0) is 44.0 Å². The molecule has 0 aliphatic carbocycles. The molecule has 1 aromatic rings. The average Bonchev–Trinajstić information content (AvgIpc) is 2.30. The van der Waals surface area contributed by atoms with Gasteiger partial charge in [0.15, 0.2) is 0 Å². The predicted molar refractivity (Wildman–Crippen MR) is 66.2 cm³/mol. The highest BCUT2D eigenvalue weighted by Crippen LogP contribution is 2.18. The molecule has 4 heteroatoms. The van der Waals surface area contributed by atoms with Crippen LogP contribution in [0.5, 0.6) is 5.75 Å². The van der Waals surface area contributed by atoms with E-state index in [0.717, 1.165) is 31.5 Å². The van der Waals surface area contributed by atoms with Crippen LogP contribution < -0.4 is 10.6 Å². The molecule has 0 bridgehead atoms. The van der Waals surface area contributed by atoms with Crippen molar-refractivity contribution in [2.75, 3.05) is 13.1 Å². The van der Waals surface area contributed by atoms with Crippen LogP contribution in [0.4, 0.5) is 0 Å². The van der Waals surface area contributed by atoms with Crippen LogP contribution in [0.15, 0.2) is 18.2 Å². The number of nitrogens with one attached hydrogen (secondary N) is 2. The molecule has 1 atom stereocenters. The molecule has 92 valence electrons. The third-order valence-electron chi connectivity index (χ3n) is 3.03. The van der Waals surface area contributed by atoms with Crippen LogP contribution in [0, 0.1) is 6.92 Å². The molecular formula is C13H18N2O2. The number of benzene rings is 1. The first-order valence-corrected chi connectivity index (χ1v) is 5.98. The van der Waals surface area contributed by atoms with Crippen molar-refractivity contribution in [1.82, 2.24) is 10.6 Å². The lowest BCUT2D eigenvalue weighted by Gasteiger charge is -2.23.